The van der Waals surface area contributed by atoms with Gasteiger partial charge in [-0.1, -0.05) is 0 Å². The average molecular weight is 297 g/mol. The van der Waals surface area contributed by atoms with Gasteiger partial charge in [0.15, 0.2) is 0 Å². The van der Waals surface area contributed by atoms with Gasteiger partial charge in [-0.25, -0.2) is 4.79 Å². The van der Waals surface area contributed by atoms with E-state index in [1.54, 1.807) is 11.9 Å². The number of hydrogen-bond acceptors (Lipinski definition) is 3. The van der Waals surface area contributed by atoms with Crippen molar-refractivity contribution in [2.24, 2.45) is 11.8 Å². The number of nitrogens with one attached hydrogen (secondary N) is 2. The topological polar surface area (TPSA) is 98.7 Å². The monoisotopic (exact) mass is 297 g/mol. The van der Waals surface area contributed by atoms with Crippen molar-refractivity contribution in [3.05, 3.63) is 0 Å². The predicted molar refractivity (Wildman–Crippen MR) is 75.7 cm³/mol. The summed E-state index contributed by atoms with van der Waals surface area (Å²) in [6.45, 7) is 1.01. The normalized spacial score (nSPS) is 23.3. The molecule has 2 rings (SSSR count). The minimum atomic E-state index is -0.894. The van der Waals surface area contributed by atoms with Crippen LogP contribution in [0.4, 0.5) is 4.79 Å². The van der Waals surface area contributed by atoms with Crippen molar-refractivity contribution in [1.82, 2.24) is 15.5 Å². The van der Waals surface area contributed by atoms with Gasteiger partial charge in [-0.15, -0.1) is 0 Å². The Hall–Kier alpha value is -1.79. The summed E-state index contributed by atoms with van der Waals surface area (Å²) in [5.74, 6) is -0.830. The third-order valence-corrected chi connectivity index (χ3v) is 4.22. The third-order valence-electron chi connectivity index (χ3n) is 4.22. The maximum atomic E-state index is 12.3. The van der Waals surface area contributed by atoms with Gasteiger partial charge in [0.2, 0.25) is 5.91 Å². The van der Waals surface area contributed by atoms with Gasteiger partial charge in [-0.2, -0.15) is 0 Å². The molecule has 0 spiro atoms. The summed E-state index contributed by atoms with van der Waals surface area (Å²) in [5, 5.41) is 14.4. The Bertz CT molecular complexity index is 422. The van der Waals surface area contributed by atoms with Crippen LogP contribution in [-0.2, 0) is 9.59 Å². The molecular weight excluding hydrogens is 274 g/mol. The summed E-state index contributed by atoms with van der Waals surface area (Å²) in [6.07, 6.45) is 3.48. The van der Waals surface area contributed by atoms with Crippen LogP contribution < -0.4 is 10.6 Å². The molecule has 0 aromatic heterocycles. The quantitative estimate of drug-likeness (QED) is 0.684. The smallest absolute Gasteiger partial charge is 0.317 e. The number of hydrogen-bond donors (Lipinski definition) is 3. The molecule has 3 N–H and O–H groups in total. The highest BCUT2D eigenvalue weighted by atomic mass is 16.4. The molecule has 7 heteroatoms. The number of likely N-dealkylation sites (tertiary alicyclic amines) is 1. The molecular formula is C14H23N3O4. The van der Waals surface area contributed by atoms with Crippen LogP contribution in [0.15, 0.2) is 0 Å². The Kier molecular flexibility index (Phi) is 5.03. The van der Waals surface area contributed by atoms with Gasteiger partial charge in [0.1, 0.15) is 0 Å². The summed E-state index contributed by atoms with van der Waals surface area (Å²) in [6, 6.07) is -0.544. The number of urea groups is 1. The van der Waals surface area contributed by atoms with Gasteiger partial charge < -0.3 is 20.6 Å². The van der Waals surface area contributed by atoms with Gasteiger partial charge in [-0.05, 0) is 31.6 Å². The molecule has 1 aliphatic carbocycles. The highest BCUT2D eigenvalue weighted by Gasteiger charge is 2.35. The van der Waals surface area contributed by atoms with Crippen LogP contribution in [0, 0.1) is 11.8 Å². The number of carboxylic acids is 1. The van der Waals surface area contributed by atoms with Crippen molar-refractivity contribution < 1.29 is 19.5 Å². The van der Waals surface area contributed by atoms with Gasteiger partial charge in [0, 0.05) is 26.2 Å². The van der Waals surface area contributed by atoms with E-state index in [0.29, 0.717) is 13.1 Å². The lowest BCUT2D eigenvalue weighted by Gasteiger charge is -2.33. The predicted octanol–water partition coefficient (Wildman–Crippen LogP) is 0.407. The van der Waals surface area contributed by atoms with Crippen molar-refractivity contribution >= 4 is 17.9 Å². The molecule has 2 fully saturated rings. The maximum absolute atomic E-state index is 12.3. The molecule has 7 nitrogen and oxygen atoms in total. The minimum absolute atomic E-state index is 0.0386. The van der Waals surface area contributed by atoms with Gasteiger partial charge in [0.05, 0.1) is 12.3 Å². The molecule has 3 amide bonds. The highest BCUT2D eigenvalue weighted by molar-refractivity contribution is 5.81. The number of piperidine rings is 1. The summed E-state index contributed by atoms with van der Waals surface area (Å²) >= 11 is 0. The Balaban J connectivity index is 1.89. The highest BCUT2D eigenvalue weighted by Crippen LogP contribution is 2.34. The number of aliphatic carboxylic acids is 1. The SMILES string of the molecule is CNC(=O)C1CCCN(C(=O)NC(CC(=O)O)C2CC2)C1. The van der Waals surface area contributed by atoms with E-state index < -0.39 is 5.97 Å². The van der Waals surface area contributed by atoms with Crippen molar-refractivity contribution in [2.75, 3.05) is 20.1 Å². The minimum Gasteiger partial charge on any atom is -0.481 e. The zero-order valence-electron chi connectivity index (χ0n) is 12.3. The van der Waals surface area contributed by atoms with Gasteiger partial charge >= 0.3 is 12.0 Å². The lowest BCUT2D eigenvalue weighted by Crippen LogP contribution is -2.51. The van der Waals surface area contributed by atoms with Crippen molar-refractivity contribution in [3.8, 4) is 0 Å². The number of carbonyl (C=O) groups excluding carboxylic acids is 2. The van der Waals surface area contributed by atoms with Gasteiger partial charge in [-0.3, -0.25) is 9.59 Å². The van der Waals surface area contributed by atoms with Crippen molar-refractivity contribution in [1.29, 1.82) is 0 Å². The van der Waals surface area contributed by atoms with E-state index in [9.17, 15) is 14.4 Å². The molecule has 1 saturated carbocycles. The summed E-state index contributed by atoms with van der Waals surface area (Å²) in [5.41, 5.74) is 0. The average Bonchev–Trinajstić information content (AvgIpc) is 3.30. The largest absolute Gasteiger partial charge is 0.481 e. The molecule has 0 aromatic carbocycles. The number of amides is 3. The number of rotatable bonds is 5. The van der Waals surface area contributed by atoms with Crippen molar-refractivity contribution in [3.63, 3.8) is 0 Å². The Morgan fingerprint density at radius 2 is 2.00 bits per heavy atom. The molecule has 2 unspecified atom stereocenters. The maximum Gasteiger partial charge on any atom is 0.317 e. The first-order valence-corrected chi connectivity index (χ1v) is 7.50. The van der Waals surface area contributed by atoms with Crippen LogP contribution in [0.2, 0.25) is 0 Å². The molecule has 1 aliphatic heterocycles. The molecule has 118 valence electrons. The molecule has 1 heterocycles. The Morgan fingerprint density at radius 1 is 1.29 bits per heavy atom. The third kappa shape index (κ3) is 4.34. The van der Waals surface area contributed by atoms with Crippen molar-refractivity contribution in [2.45, 2.75) is 38.1 Å². The lowest BCUT2D eigenvalue weighted by atomic mass is 9.97. The van der Waals surface area contributed by atoms with E-state index in [-0.39, 0.29) is 36.2 Å². The first-order valence-electron chi connectivity index (χ1n) is 7.50. The van der Waals surface area contributed by atoms with Crippen LogP contribution in [0.25, 0.3) is 0 Å². The summed E-state index contributed by atoms with van der Waals surface area (Å²) < 4.78 is 0. The molecule has 0 aromatic rings. The molecule has 1 saturated heterocycles. The van der Waals surface area contributed by atoms with Crippen LogP contribution in [-0.4, -0.2) is 54.1 Å². The summed E-state index contributed by atoms with van der Waals surface area (Å²) in [4.78, 5) is 36.4. The summed E-state index contributed by atoms with van der Waals surface area (Å²) in [7, 11) is 1.59. The van der Waals surface area contributed by atoms with Gasteiger partial charge in [0.25, 0.3) is 0 Å². The van der Waals surface area contributed by atoms with E-state index >= 15 is 0 Å². The second-order valence-corrected chi connectivity index (χ2v) is 5.89. The molecule has 2 aliphatic rings. The lowest BCUT2D eigenvalue weighted by molar-refractivity contribution is -0.137. The van der Waals surface area contributed by atoms with Crippen LogP contribution >= 0.6 is 0 Å². The number of nitrogens with zero attached hydrogens (tertiary/aromatic N) is 1. The molecule has 21 heavy (non-hydrogen) atoms. The fourth-order valence-corrected chi connectivity index (χ4v) is 2.85. The zero-order chi connectivity index (χ0) is 15.4. The number of carboxylic acid groups (broad SMARTS) is 1. The fourth-order valence-electron chi connectivity index (χ4n) is 2.85. The Morgan fingerprint density at radius 3 is 2.57 bits per heavy atom. The zero-order valence-corrected chi connectivity index (χ0v) is 12.3. The van der Waals surface area contributed by atoms with Crippen LogP contribution in [0.1, 0.15) is 32.1 Å². The van der Waals surface area contributed by atoms with Crippen LogP contribution in [0.5, 0.6) is 0 Å². The Labute approximate surface area is 124 Å². The van der Waals surface area contributed by atoms with E-state index in [1.807, 2.05) is 0 Å². The molecule has 0 radical (unpaired) electrons. The number of carbonyl (C=O) groups is 3. The van der Waals surface area contributed by atoms with E-state index in [4.69, 9.17) is 5.11 Å². The molecule has 0 bridgehead atoms. The molecule has 2 atom stereocenters. The van der Waals surface area contributed by atoms with Crippen LogP contribution in [0.3, 0.4) is 0 Å². The van der Waals surface area contributed by atoms with E-state index in [0.717, 1.165) is 25.7 Å². The standard InChI is InChI=1S/C14H23N3O4/c1-15-13(20)10-3-2-6-17(8-10)14(21)16-11(7-12(18)19)9-4-5-9/h9-11H,2-8H2,1H3,(H,15,20)(H,16,21)(H,18,19). The van der Waals surface area contributed by atoms with E-state index in [1.165, 1.54) is 0 Å². The second-order valence-electron chi connectivity index (χ2n) is 5.89. The fraction of sp³-hybridized carbons (Fsp3) is 0.786. The first kappa shape index (κ1) is 15.6. The second kappa shape index (κ2) is 6.78. The van der Waals surface area contributed by atoms with E-state index in [2.05, 4.69) is 10.6 Å². The first-order chi connectivity index (χ1) is 10.0.